The summed E-state index contributed by atoms with van der Waals surface area (Å²) in [6.45, 7) is 2.55. The van der Waals surface area contributed by atoms with Gasteiger partial charge in [-0.3, -0.25) is 0 Å². The lowest BCUT2D eigenvalue weighted by Gasteiger charge is -2.27. The Morgan fingerprint density at radius 1 is 1.10 bits per heavy atom. The molecule has 2 heterocycles. The molecule has 1 aliphatic carbocycles. The molecule has 1 aromatic heterocycles. The van der Waals surface area contributed by atoms with Gasteiger partial charge in [0.1, 0.15) is 18.2 Å². The van der Waals surface area contributed by atoms with Crippen LogP contribution >= 0.6 is 0 Å². The minimum absolute atomic E-state index is 0.347. The van der Waals surface area contributed by atoms with Gasteiger partial charge < -0.3 is 20.3 Å². The van der Waals surface area contributed by atoms with Crippen LogP contribution in [0.2, 0.25) is 0 Å². The van der Waals surface area contributed by atoms with Crippen molar-refractivity contribution in [2.75, 3.05) is 37.8 Å². The summed E-state index contributed by atoms with van der Waals surface area (Å²) >= 11 is 0. The molecule has 2 aromatic carbocycles. The van der Waals surface area contributed by atoms with Crippen molar-refractivity contribution in [3.8, 4) is 17.0 Å². The predicted octanol–water partition coefficient (Wildman–Crippen LogP) is 3.54. The first kappa shape index (κ1) is 19.8. The second kappa shape index (κ2) is 8.19. The van der Waals surface area contributed by atoms with Crippen LogP contribution in [0, 0.1) is 0 Å². The van der Waals surface area contributed by atoms with Crippen molar-refractivity contribution >= 4 is 11.8 Å². The number of nitrogen functional groups attached to an aromatic ring is 1. The van der Waals surface area contributed by atoms with Gasteiger partial charge in [-0.25, -0.2) is 4.98 Å². The van der Waals surface area contributed by atoms with Crippen molar-refractivity contribution in [3.63, 3.8) is 0 Å². The van der Waals surface area contributed by atoms with E-state index < -0.39 is 0 Å². The summed E-state index contributed by atoms with van der Waals surface area (Å²) in [7, 11) is 4.29. The fraction of sp³-hybridized carbons (Fsp3) is 0.360. The number of benzene rings is 2. The number of likely N-dealkylation sites (N-methyl/N-ethyl adjacent to an activating group) is 1. The molecular weight excluding hydrogens is 386 g/mol. The quantitative estimate of drug-likeness (QED) is 0.687. The zero-order valence-electron chi connectivity index (χ0n) is 18.2. The summed E-state index contributed by atoms with van der Waals surface area (Å²) < 4.78 is 6.04. The van der Waals surface area contributed by atoms with E-state index in [1.165, 1.54) is 11.1 Å². The topological polar surface area (TPSA) is 67.5 Å². The van der Waals surface area contributed by atoms with E-state index in [1.54, 1.807) is 0 Å². The third-order valence-electron chi connectivity index (χ3n) is 6.42. The summed E-state index contributed by atoms with van der Waals surface area (Å²) in [6.07, 6.45) is 3.02. The number of aryl methyl sites for hydroxylation is 1. The Hall–Kier alpha value is -3.12. The lowest BCUT2D eigenvalue weighted by Crippen LogP contribution is -2.32. The standard InChI is InChI=1S/C25H29N5O/c1-29(2)19-12-13-30(15-19)24-22-10-8-18-14-20(31-16-17-6-4-3-5-7-17)9-11-21(18)23(22)27-25(26)28-24/h3-7,9,11,14,19H,8,10,12-13,15-16H2,1-2H3,(H2,26,27,28)/t19-/m1/s1. The van der Waals surface area contributed by atoms with E-state index in [0.717, 1.165) is 60.7 Å². The molecule has 0 unspecified atom stereocenters. The Morgan fingerprint density at radius 2 is 1.94 bits per heavy atom. The van der Waals surface area contributed by atoms with Crippen LogP contribution in [0.25, 0.3) is 11.3 Å². The number of aromatic nitrogens is 2. The van der Waals surface area contributed by atoms with Crippen molar-refractivity contribution in [2.24, 2.45) is 0 Å². The molecule has 2 N–H and O–H groups in total. The summed E-state index contributed by atoms with van der Waals surface area (Å²) in [4.78, 5) is 14.0. The third kappa shape index (κ3) is 3.95. The number of anilines is 2. The van der Waals surface area contributed by atoms with Crippen LogP contribution in [0.1, 0.15) is 23.1 Å². The highest BCUT2D eigenvalue weighted by atomic mass is 16.5. The van der Waals surface area contributed by atoms with Crippen molar-refractivity contribution in [1.82, 2.24) is 14.9 Å². The minimum Gasteiger partial charge on any atom is -0.489 e. The Balaban J connectivity index is 1.42. The van der Waals surface area contributed by atoms with Crippen molar-refractivity contribution in [2.45, 2.75) is 31.9 Å². The molecule has 1 aliphatic heterocycles. The maximum absolute atomic E-state index is 6.16. The molecular formula is C25H29N5O. The molecule has 0 amide bonds. The summed E-state index contributed by atoms with van der Waals surface area (Å²) in [6, 6.07) is 17.1. The minimum atomic E-state index is 0.347. The fourth-order valence-corrected chi connectivity index (χ4v) is 4.66. The van der Waals surface area contributed by atoms with Crippen LogP contribution in [0.15, 0.2) is 48.5 Å². The zero-order chi connectivity index (χ0) is 21.4. The van der Waals surface area contributed by atoms with Gasteiger partial charge in [0.05, 0.1) is 5.69 Å². The largest absolute Gasteiger partial charge is 0.489 e. The molecule has 1 fully saturated rings. The van der Waals surface area contributed by atoms with Gasteiger partial charge in [-0.2, -0.15) is 4.98 Å². The van der Waals surface area contributed by atoms with Gasteiger partial charge in [0.25, 0.3) is 0 Å². The highest BCUT2D eigenvalue weighted by Crippen LogP contribution is 2.39. The average Bonchev–Trinajstić information content (AvgIpc) is 3.28. The third-order valence-corrected chi connectivity index (χ3v) is 6.42. The lowest BCUT2D eigenvalue weighted by atomic mass is 9.89. The van der Waals surface area contributed by atoms with E-state index in [0.29, 0.717) is 18.6 Å². The van der Waals surface area contributed by atoms with Gasteiger partial charge in [-0.05, 0) is 62.7 Å². The molecule has 160 valence electrons. The van der Waals surface area contributed by atoms with Crippen molar-refractivity contribution < 1.29 is 4.74 Å². The van der Waals surface area contributed by atoms with E-state index in [9.17, 15) is 0 Å². The average molecular weight is 416 g/mol. The van der Waals surface area contributed by atoms with Crippen LogP contribution in [-0.2, 0) is 19.4 Å². The Labute approximate surface area is 183 Å². The highest BCUT2D eigenvalue weighted by molar-refractivity contribution is 5.76. The molecule has 2 aliphatic rings. The van der Waals surface area contributed by atoms with Crippen molar-refractivity contribution in [3.05, 3.63) is 65.2 Å². The molecule has 6 heteroatoms. The van der Waals surface area contributed by atoms with Crippen LogP contribution in [-0.4, -0.2) is 48.1 Å². The predicted molar refractivity (Wildman–Crippen MR) is 124 cm³/mol. The molecule has 31 heavy (non-hydrogen) atoms. The molecule has 0 radical (unpaired) electrons. The van der Waals surface area contributed by atoms with Gasteiger partial charge in [0, 0.05) is 30.3 Å². The van der Waals surface area contributed by atoms with Gasteiger partial charge in [0.15, 0.2) is 0 Å². The smallest absolute Gasteiger partial charge is 0.222 e. The number of hydrogen-bond donors (Lipinski definition) is 1. The Morgan fingerprint density at radius 3 is 2.71 bits per heavy atom. The number of ether oxygens (including phenoxy) is 1. The second-order valence-corrected chi connectivity index (χ2v) is 8.68. The fourth-order valence-electron chi connectivity index (χ4n) is 4.66. The number of fused-ring (bicyclic) bond motifs is 3. The summed E-state index contributed by atoms with van der Waals surface area (Å²) in [5, 5.41) is 0. The number of nitrogens with zero attached hydrogens (tertiary/aromatic N) is 4. The Bertz CT molecular complexity index is 1080. The molecule has 5 rings (SSSR count). The summed E-state index contributed by atoms with van der Waals surface area (Å²) in [5.74, 6) is 2.25. The number of nitrogens with two attached hydrogens (primary N) is 1. The molecule has 1 atom stereocenters. The van der Waals surface area contributed by atoms with E-state index in [-0.39, 0.29) is 0 Å². The van der Waals surface area contributed by atoms with Gasteiger partial charge >= 0.3 is 0 Å². The Kier molecular flexibility index (Phi) is 5.24. The summed E-state index contributed by atoms with van der Waals surface area (Å²) in [5.41, 5.74) is 11.9. The maximum atomic E-state index is 6.16. The van der Waals surface area contributed by atoms with E-state index in [1.807, 2.05) is 24.3 Å². The van der Waals surface area contributed by atoms with Gasteiger partial charge in [-0.15, -0.1) is 0 Å². The number of hydrogen-bond acceptors (Lipinski definition) is 6. The van der Waals surface area contributed by atoms with E-state index >= 15 is 0 Å². The van der Waals surface area contributed by atoms with Crippen LogP contribution in [0.5, 0.6) is 5.75 Å². The first-order chi connectivity index (χ1) is 15.1. The monoisotopic (exact) mass is 415 g/mol. The lowest BCUT2D eigenvalue weighted by molar-refractivity contribution is 0.306. The first-order valence-corrected chi connectivity index (χ1v) is 11.0. The number of rotatable bonds is 5. The van der Waals surface area contributed by atoms with E-state index in [4.69, 9.17) is 10.5 Å². The highest BCUT2D eigenvalue weighted by Gasteiger charge is 2.30. The van der Waals surface area contributed by atoms with Crippen LogP contribution < -0.4 is 15.4 Å². The normalized spacial score (nSPS) is 17.5. The first-order valence-electron chi connectivity index (χ1n) is 11.0. The SMILES string of the molecule is CN(C)[C@@H]1CCN(c2nc(N)nc3c2CCc2cc(OCc4ccccc4)ccc2-3)C1. The zero-order valence-corrected chi connectivity index (χ0v) is 18.2. The molecule has 3 aromatic rings. The van der Waals surface area contributed by atoms with Gasteiger partial charge in [-0.1, -0.05) is 30.3 Å². The van der Waals surface area contributed by atoms with Crippen LogP contribution in [0.4, 0.5) is 11.8 Å². The second-order valence-electron chi connectivity index (χ2n) is 8.68. The van der Waals surface area contributed by atoms with E-state index in [2.05, 4.69) is 58.1 Å². The molecule has 6 nitrogen and oxygen atoms in total. The maximum Gasteiger partial charge on any atom is 0.222 e. The molecule has 0 bridgehead atoms. The molecule has 0 saturated carbocycles. The molecule has 0 spiro atoms. The van der Waals surface area contributed by atoms with Crippen LogP contribution in [0.3, 0.4) is 0 Å². The molecule has 1 saturated heterocycles. The van der Waals surface area contributed by atoms with Gasteiger partial charge in [0.2, 0.25) is 5.95 Å². The van der Waals surface area contributed by atoms with Crippen molar-refractivity contribution in [1.29, 1.82) is 0 Å².